The predicted octanol–water partition coefficient (Wildman–Crippen LogP) is 5.97. The Morgan fingerprint density at radius 3 is 2.10 bits per heavy atom. The molecule has 1 rings (SSSR count). The highest BCUT2D eigenvalue weighted by Gasteiger charge is 2.55. The van der Waals surface area contributed by atoms with E-state index in [1.807, 2.05) is 0 Å². The van der Waals surface area contributed by atoms with E-state index in [4.69, 9.17) is 0 Å². The molecule has 1 saturated carbocycles. The Hall–Kier alpha value is 0.134. The summed E-state index contributed by atoms with van der Waals surface area (Å²) in [7, 11) is -2.97. The fourth-order valence-electron chi connectivity index (χ4n) is 4.05. The van der Waals surface area contributed by atoms with E-state index in [0.29, 0.717) is 5.04 Å². The standard InChI is InChI=1S/C18H39NSi2/c1-9-15-21(16(3)10-2,19-17-13-11-12-14-17)20(7,8)18(4,5)6/h10,17,19H,9,11-15H2,1-8H3/b16-10+. The first-order chi connectivity index (χ1) is 9.62. The van der Waals surface area contributed by atoms with Gasteiger partial charge >= 0.3 is 0 Å². The maximum atomic E-state index is 4.36. The first-order valence-corrected chi connectivity index (χ1v) is 15.2. The predicted molar refractivity (Wildman–Crippen MR) is 103 cm³/mol. The summed E-state index contributed by atoms with van der Waals surface area (Å²) < 4.78 is 0. The Morgan fingerprint density at radius 1 is 1.19 bits per heavy atom. The summed E-state index contributed by atoms with van der Waals surface area (Å²) in [6.45, 7) is 19.9. The van der Waals surface area contributed by atoms with Crippen molar-refractivity contribution in [3.05, 3.63) is 11.3 Å². The van der Waals surface area contributed by atoms with Crippen LogP contribution in [0.5, 0.6) is 0 Å². The van der Waals surface area contributed by atoms with E-state index in [9.17, 15) is 0 Å². The maximum Gasteiger partial charge on any atom is 0.142 e. The summed E-state index contributed by atoms with van der Waals surface area (Å²) in [4.78, 5) is 4.36. The molecular formula is C18H39NSi2. The van der Waals surface area contributed by atoms with Gasteiger partial charge in [0.15, 0.2) is 0 Å². The second kappa shape index (κ2) is 7.14. The van der Waals surface area contributed by atoms with Gasteiger partial charge in [-0.3, -0.25) is 0 Å². The number of allylic oxidation sites excluding steroid dienone is 2. The van der Waals surface area contributed by atoms with Crippen LogP contribution in [0.3, 0.4) is 0 Å². The van der Waals surface area contributed by atoms with E-state index in [1.54, 1.807) is 5.20 Å². The molecule has 0 aromatic carbocycles. The number of hydrogen-bond donors (Lipinski definition) is 1. The molecule has 1 fully saturated rings. The second-order valence-electron chi connectivity index (χ2n) is 8.63. The molecule has 124 valence electrons. The minimum atomic E-state index is -1.58. The summed E-state index contributed by atoms with van der Waals surface area (Å²) in [5, 5.41) is 2.19. The molecule has 1 unspecified atom stereocenters. The number of hydrogen-bond acceptors (Lipinski definition) is 1. The Labute approximate surface area is 135 Å². The third-order valence-electron chi connectivity index (χ3n) is 6.48. The molecule has 3 heteroatoms. The smallest absolute Gasteiger partial charge is 0.142 e. The lowest BCUT2D eigenvalue weighted by atomic mass is 10.2. The van der Waals surface area contributed by atoms with Crippen molar-refractivity contribution in [3.8, 4) is 0 Å². The number of rotatable bonds is 6. The van der Waals surface area contributed by atoms with Gasteiger partial charge in [0.2, 0.25) is 0 Å². The average molecular weight is 326 g/mol. The Morgan fingerprint density at radius 2 is 1.71 bits per heavy atom. The zero-order valence-electron chi connectivity index (χ0n) is 15.9. The second-order valence-corrected chi connectivity index (χ2v) is 23.1. The minimum Gasteiger partial charge on any atom is -0.333 e. The Kier molecular flexibility index (Phi) is 6.52. The summed E-state index contributed by atoms with van der Waals surface area (Å²) in [6.07, 6.45) is 9.43. The molecule has 0 aliphatic heterocycles. The summed E-state index contributed by atoms with van der Waals surface area (Å²) in [5.74, 6) is 0. The molecule has 1 nitrogen and oxygen atoms in total. The molecule has 0 aromatic heterocycles. The van der Waals surface area contributed by atoms with Gasteiger partial charge < -0.3 is 4.98 Å². The quantitative estimate of drug-likeness (QED) is 0.593. The molecule has 1 atom stereocenters. The summed E-state index contributed by atoms with van der Waals surface area (Å²) in [5.41, 5.74) is 0. The molecule has 1 aliphatic carbocycles. The van der Waals surface area contributed by atoms with Gasteiger partial charge in [0.25, 0.3) is 0 Å². The lowest BCUT2D eigenvalue weighted by Gasteiger charge is -2.53. The minimum absolute atomic E-state index is 0.463. The van der Waals surface area contributed by atoms with Crippen molar-refractivity contribution >= 4 is 15.3 Å². The fourth-order valence-corrected chi connectivity index (χ4v) is 21.8. The van der Waals surface area contributed by atoms with Crippen LogP contribution in [0.1, 0.15) is 73.6 Å². The van der Waals surface area contributed by atoms with Gasteiger partial charge in [0, 0.05) is 6.04 Å². The lowest BCUT2D eigenvalue weighted by Crippen LogP contribution is -2.74. The largest absolute Gasteiger partial charge is 0.333 e. The highest BCUT2D eigenvalue weighted by molar-refractivity contribution is 7.44. The highest BCUT2D eigenvalue weighted by atomic mass is 29.3. The highest BCUT2D eigenvalue weighted by Crippen LogP contribution is 2.45. The molecule has 21 heavy (non-hydrogen) atoms. The zero-order valence-corrected chi connectivity index (χ0v) is 17.9. The molecular weight excluding hydrogens is 286 g/mol. The van der Waals surface area contributed by atoms with Crippen LogP contribution in [-0.2, 0) is 0 Å². The van der Waals surface area contributed by atoms with Crippen molar-refractivity contribution in [2.75, 3.05) is 0 Å². The van der Waals surface area contributed by atoms with Crippen LogP contribution in [0.2, 0.25) is 24.2 Å². The summed E-state index contributed by atoms with van der Waals surface area (Å²) in [6, 6.07) is 2.23. The van der Waals surface area contributed by atoms with Gasteiger partial charge in [0.05, 0.1) is 7.59 Å². The van der Waals surface area contributed by atoms with Crippen molar-refractivity contribution in [3.63, 3.8) is 0 Å². The molecule has 0 spiro atoms. The van der Waals surface area contributed by atoms with E-state index in [1.165, 1.54) is 38.1 Å². The van der Waals surface area contributed by atoms with Crippen LogP contribution in [0, 0.1) is 0 Å². The summed E-state index contributed by atoms with van der Waals surface area (Å²) >= 11 is 0. The van der Waals surface area contributed by atoms with Crippen molar-refractivity contribution < 1.29 is 0 Å². The third-order valence-corrected chi connectivity index (χ3v) is 27.2. The molecule has 1 aliphatic rings. The van der Waals surface area contributed by atoms with E-state index in [-0.39, 0.29) is 0 Å². The van der Waals surface area contributed by atoms with Crippen molar-refractivity contribution in [1.29, 1.82) is 0 Å². The van der Waals surface area contributed by atoms with E-state index < -0.39 is 15.3 Å². The van der Waals surface area contributed by atoms with Gasteiger partial charge in [-0.15, -0.1) is 0 Å². The molecule has 0 bridgehead atoms. The third kappa shape index (κ3) is 3.73. The van der Waals surface area contributed by atoms with Crippen LogP contribution < -0.4 is 4.98 Å². The van der Waals surface area contributed by atoms with Crippen molar-refractivity contribution in [1.82, 2.24) is 4.98 Å². The SMILES string of the molecule is C/C=C(\C)[Si](CCC)(NC1CCCC1)[Si](C)(C)C(C)(C)C. The van der Waals surface area contributed by atoms with Crippen LogP contribution in [-0.4, -0.2) is 21.4 Å². The van der Waals surface area contributed by atoms with Crippen LogP contribution >= 0.6 is 0 Å². The fraction of sp³-hybridized carbons (Fsp3) is 0.889. The molecule has 0 amide bonds. The van der Waals surface area contributed by atoms with Crippen molar-refractivity contribution in [2.24, 2.45) is 0 Å². The maximum absolute atomic E-state index is 4.36. The van der Waals surface area contributed by atoms with Gasteiger partial charge in [-0.1, -0.05) is 71.3 Å². The molecule has 1 N–H and O–H groups in total. The first-order valence-electron chi connectivity index (χ1n) is 9.03. The Balaban J connectivity index is 3.29. The molecule has 0 saturated heterocycles. The molecule has 0 aromatic rings. The van der Waals surface area contributed by atoms with Gasteiger partial charge in [-0.05, 0) is 37.8 Å². The molecule has 0 heterocycles. The van der Waals surface area contributed by atoms with Crippen LogP contribution in [0.4, 0.5) is 0 Å². The monoisotopic (exact) mass is 325 g/mol. The zero-order chi connectivity index (χ0) is 16.3. The molecule has 0 radical (unpaired) electrons. The van der Waals surface area contributed by atoms with Gasteiger partial charge in [0.1, 0.15) is 7.75 Å². The van der Waals surface area contributed by atoms with Crippen molar-refractivity contribution in [2.45, 2.75) is 104 Å². The Bertz CT molecular complexity index is 362. The van der Waals surface area contributed by atoms with E-state index in [0.717, 1.165) is 6.04 Å². The van der Waals surface area contributed by atoms with E-state index >= 15 is 0 Å². The number of nitrogens with one attached hydrogen (secondary N) is 1. The lowest BCUT2D eigenvalue weighted by molar-refractivity contribution is 0.627. The average Bonchev–Trinajstić information content (AvgIpc) is 2.88. The van der Waals surface area contributed by atoms with E-state index in [2.05, 4.69) is 65.7 Å². The van der Waals surface area contributed by atoms with Gasteiger partial charge in [-0.25, -0.2) is 0 Å². The van der Waals surface area contributed by atoms with Crippen LogP contribution in [0.25, 0.3) is 0 Å². The topological polar surface area (TPSA) is 12.0 Å². The first kappa shape index (κ1) is 19.2. The van der Waals surface area contributed by atoms with Gasteiger partial charge in [-0.2, -0.15) is 0 Å². The van der Waals surface area contributed by atoms with Crippen LogP contribution in [0.15, 0.2) is 11.3 Å². The normalized spacial score (nSPS) is 21.6.